The molecule has 9 heteroatoms. The van der Waals surface area contributed by atoms with Crippen molar-refractivity contribution in [2.24, 2.45) is 0 Å². The summed E-state index contributed by atoms with van der Waals surface area (Å²) in [6.45, 7) is 2.00. The lowest BCUT2D eigenvalue weighted by atomic mass is 10.0. The third-order valence-corrected chi connectivity index (χ3v) is 9.03. The smallest absolute Gasteiger partial charge is 0.264 e. The van der Waals surface area contributed by atoms with Gasteiger partial charge in [-0.15, -0.1) is 0 Å². The second-order valence-corrected chi connectivity index (χ2v) is 11.8. The SMILES string of the molecule is COc1ccc(Cl)cc1N(CC(=O)NCCSC1CCCCC1)S(=O)(=O)c1ccc(C)cc1. The highest BCUT2D eigenvalue weighted by molar-refractivity contribution is 7.99. The molecule has 0 aliphatic heterocycles. The Morgan fingerprint density at radius 3 is 2.52 bits per heavy atom. The van der Waals surface area contributed by atoms with Crippen LogP contribution in [0.25, 0.3) is 0 Å². The zero-order valence-corrected chi connectivity index (χ0v) is 21.4. The number of amides is 1. The van der Waals surface area contributed by atoms with Crippen LogP contribution in [-0.4, -0.2) is 45.5 Å². The molecule has 2 aromatic carbocycles. The lowest BCUT2D eigenvalue weighted by Gasteiger charge is -2.26. The second kappa shape index (κ2) is 12.0. The average molecular weight is 511 g/mol. The summed E-state index contributed by atoms with van der Waals surface area (Å²) >= 11 is 8.05. The number of nitrogens with one attached hydrogen (secondary N) is 1. The number of aryl methyl sites for hydroxylation is 1. The molecule has 3 rings (SSSR count). The number of ether oxygens (including phenoxy) is 1. The number of benzene rings is 2. The van der Waals surface area contributed by atoms with E-state index in [0.717, 1.165) is 15.6 Å². The van der Waals surface area contributed by atoms with E-state index < -0.39 is 10.0 Å². The Morgan fingerprint density at radius 2 is 1.85 bits per heavy atom. The van der Waals surface area contributed by atoms with Crippen molar-refractivity contribution < 1.29 is 17.9 Å². The summed E-state index contributed by atoms with van der Waals surface area (Å²) in [5, 5.41) is 3.87. The minimum atomic E-state index is -4.03. The van der Waals surface area contributed by atoms with E-state index in [2.05, 4.69) is 5.32 Å². The topological polar surface area (TPSA) is 75.7 Å². The van der Waals surface area contributed by atoms with Crippen molar-refractivity contribution in [3.8, 4) is 5.75 Å². The summed E-state index contributed by atoms with van der Waals surface area (Å²) < 4.78 is 33.5. The maximum atomic E-state index is 13.5. The Kier molecular flexibility index (Phi) is 9.35. The van der Waals surface area contributed by atoms with Crippen molar-refractivity contribution in [3.05, 3.63) is 53.1 Å². The molecule has 0 radical (unpaired) electrons. The minimum absolute atomic E-state index is 0.0933. The lowest BCUT2D eigenvalue weighted by Crippen LogP contribution is -2.41. The number of hydrogen-bond acceptors (Lipinski definition) is 5. The first-order chi connectivity index (χ1) is 15.8. The van der Waals surface area contributed by atoms with Crippen molar-refractivity contribution in [1.29, 1.82) is 0 Å². The number of anilines is 1. The van der Waals surface area contributed by atoms with Crippen molar-refractivity contribution >= 4 is 45.0 Å². The van der Waals surface area contributed by atoms with Crippen molar-refractivity contribution in [1.82, 2.24) is 5.32 Å². The maximum absolute atomic E-state index is 13.5. The molecule has 1 saturated carbocycles. The van der Waals surface area contributed by atoms with Gasteiger partial charge in [0.05, 0.1) is 17.7 Å². The fourth-order valence-electron chi connectivity index (χ4n) is 3.83. The molecular weight excluding hydrogens is 480 g/mol. The molecule has 0 atom stereocenters. The zero-order valence-electron chi connectivity index (χ0n) is 19.1. The number of methoxy groups -OCH3 is 1. The van der Waals surface area contributed by atoms with Crippen LogP contribution >= 0.6 is 23.4 Å². The fourth-order valence-corrected chi connectivity index (χ4v) is 6.64. The first-order valence-corrected chi connectivity index (χ1v) is 14.0. The first-order valence-electron chi connectivity index (χ1n) is 11.1. The van der Waals surface area contributed by atoms with Gasteiger partial charge in [-0.05, 0) is 50.1 Å². The fraction of sp³-hybridized carbons (Fsp3) is 0.458. The number of halogens is 1. The number of carbonyl (C=O) groups excluding carboxylic acids is 1. The van der Waals surface area contributed by atoms with E-state index in [1.807, 2.05) is 18.7 Å². The molecule has 0 saturated heterocycles. The molecule has 1 N–H and O–H groups in total. The van der Waals surface area contributed by atoms with Gasteiger partial charge in [-0.3, -0.25) is 9.10 Å². The van der Waals surface area contributed by atoms with E-state index in [1.54, 1.807) is 24.3 Å². The summed E-state index contributed by atoms with van der Waals surface area (Å²) in [7, 11) is -2.58. The van der Waals surface area contributed by atoms with Gasteiger partial charge in [0.1, 0.15) is 12.3 Å². The van der Waals surface area contributed by atoms with Crippen LogP contribution in [0.4, 0.5) is 5.69 Å². The summed E-state index contributed by atoms with van der Waals surface area (Å²) in [4.78, 5) is 12.9. The van der Waals surface area contributed by atoms with E-state index in [1.165, 1.54) is 57.4 Å². The molecule has 6 nitrogen and oxygen atoms in total. The van der Waals surface area contributed by atoms with Gasteiger partial charge < -0.3 is 10.1 Å². The maximum Gasteiger partial charge on any atom is 0.264 e. The van der Waals surface area contributed by atoms with Gasteiger partial charge in [0.25, 0.3) is 10.0 Å². The van der Waals surface area contributed by atoms with Crippen LogP contribution in [0, 0.1) is 6.92 Å². The van der Waals surface area contributed by atoms with E-state index in [0.29, 0.717) is 22.6 Å². The highest BCUT2D eigenvalue weighted by atomic mass is 35.5. The zero-order chi connectivity index (χ0) is 23.8. The molecule has 0 aromatic heterocycles. The van der Waals surface area contributed by atoms with E-state index in [9.17, 15) is 13.2 Å². The van der Waals surface area contributed by atoms with Gasteiger partial charge in [-0.2, -0.15) is 11.8 Å². The van der Waals surface area contributed by atoms with Gasteiger partial charge in [-0.25, -0.2) is 8.42 Å². The largest absolute Gasteiger partial charge is 0.495 e. The third kappa shape index (κ3) is 7.04. The quantitative estimate of drug-likeness (QED) is 0.453. The molecule has 0 unspecified atom stereocenters. The van der Waals surface area contributed by atoms with E-state index in [4.69, 9.17) is 16.3 Å². The molecule has 2 aromatic rings. The number of nitrogens with zero attached hydrogens (tertiary/aromatic N) is 1. The predicted molar refractivity (Wildman–Crippen MR) is 136 cm³/mol. The summed E-state index contributed by atoms with van der Waals surface area (Å²) in [6, 6.07) is 11.2. The van der Waals surface area contributed by atoms with Crippen molar-refractivity contribution in [2.45, 2.75) is 49.2 Å². The summed E-state index contributed by atoms with van der Waals surface area (Å²) in [5.41, 5.74) is 1.16. The molecule has 1 amide bonds. The van der Waals surface area contributed by atoms with Crippen LogP contribution in [0.2, 0.25) is 5.02 Å². The highest BCUT2D eigenvalue weighted by Crippen LogP contribution is 2.35. The van der Waals surface area contributed by atoms with E-state index in [-0.39, 0.29) is 23.0 Å². The van der Waals surface area contributed by atoms with Crippen LogP contribution in [-0.2, 0) is 14.8 Å². The average Bonchev–Trinajstić information content (AvgIpc) is 2.81. The first kappa shape index (κ1) is 25.7. The highest BCUT2D eigenvalue weighted by Gasteiger charge is 2.29. The van der Waals surface area contributed by atoms with Crippen molar-refractivity contribution in [2.75, 3.05) is 30.3 Å². The lowest BCUT2D eigenvalue weighted by molar-refractivity contribution is -0.119. The Labute approximate surface area is 206 Å². The van der Waals surface area contributed by atoms with Gasteiger partial charge in [-0.1, -0.05) is 48.6 Å². The summed E-state index contributed by atoms with van der Waals surface area (Å²) in [5.74, 6) is 0.745. The molecule has 1 fully saturated rings. The Hall–Kier alpha value is -1.90. The monoisotopic (exact) mass is 510 g/mol. The number of sulfonamides is 1. The van der Waals surface area contributed by atoms with Gasteiger partial charge in [0.15, 0.2) is 0 Å². The number of rotatable bonds is 10. The minimum Gasteiger partial charge on any atom is -0.495 e. The molecule has 0 spiro atoms. The van der Waals surface area contributed by atoms with Crippen LogP contribution < -0.4 is 14.4 Å². The third-order valence-electron chi connectivity index (χ3n) is 5.64. The van der Waals surface area contributed by atoms with Crippen LogP contribution in [0.15, 0.2) is 47.4 Å². The normalized spacial score (nSPS) is 14.6. The molecular formula is C24H31ClN2O4S2. The molecule has 0 bridgehead atoms. The number of thioether (sulfide) groups is 1. The van der Waals surface area contributed by atoms with Crippen LogP contribution in [0.1, 0.15) is 37.7 Å². The predicted octanol–water partition coefficient (Wildman–Crippen LogP) is 5.03. The van der Waals surface area contributed by atoms with Crippen LogP contribution in [0.3, 0.4) is 0 Å². The molecule has 180 valence electrons. The van der Waals surface area contributed by atoms with Crippen LogP contribution in [0.5, 0.6) is 5.75 Å². The Morgan fingerprint density at radius 1 is 1.15 bits per heavy atom. The molecule has 0 heterocycles. The number of carbonyl (C=O) groups is 1. The van der Waals surface area contributed by atoms with E-state index >= 15 is 0 Å². The molecule has 1 aliphatic carbocycles. The van der Waals surface area contributed by atoms with Gasteiger partial charge >= 0.3 is 0 Å². The molecule has 33 heavy (non-hydrogen) atoms. The Bertz CT molecular complexity index is 1040. The second-order valence-electron chi connectivity index (χ2n) is 8.12. The van der Waals surface area contributed by atoms with Gasteiger partial charge in [0.2, 0.25) is 5.91 Å². The summed E-state index contributed by atoms with van der Waals surface area (Å²) in [6.07, 6.45) is 6.33. The molecule has 1 aliphatic rings. The number of hydrogen-bond donors (Lipinski definition) is 1. The van der Waals surface area contributed by atoms with Gasteiger partial charge in [0, 0.05) is 22.6 Å². The Balaban J connectivity index is 1.76. The van der Waals surface area contributed by atoms with Crippen molar-refractivity contribution in [3.63, 3.8) is 0 Å². The standard InChI is InChI=1S/C24H31ClN2O4S2/c1-18-8-11-21(12-9-18)33(29,30)27(22-16-19(25)10-13-23(22)31-2)17-24(28)26-14-15-32-20-6-4-3-5-7-20/h8-13,16,20H,3-7,14-15,17H2,1-2H3,(H,26,28).